The molecular weight excluding hydrogens is 1980 g/mol. The molecule has 0 fully saturated rings. The summed E-state index contributed by atoms with van der Waals surface area (Å²) in [5.74, 6) is -12.9. The Bertz CT molecular complexity index is 4610. The molecule has 792 valence electrons. The molecule has 14 amide bonds. The van der Waals surface area contributed by atoms with Gasteiger partial charge in [0.25, 0.3) is 17.7 Å². The number of ether oxygens (including phenoxy) is 5. The number of rotatable bonds is 69. The van der Waals surface area contributed by atoms with Gasteiger partial charge in [0, 0.05) is 163 Å². The standard InChI is InChI=1S/C96H143N13O23S8.C2H6/c1-61-24-26-62(27-25-61)49-99-85(120)56-132-70-30-28-63(29-31-70)73(72-33-32-71(130-16)47-78(72)131-17)48-77(113)74(23-19-21-39-97-79(114)36-41-109-86(121)34-35-87(109)122)108-90(125)64(44-67(110)51-102-89(124)66(58-134-138-94(5,6)7)46-69(112)52-103-88(123)65(57-133-137-93(2,3)4)45-68(111)50-100-80(115)37-42-128-14)22-18-20-40-98-82(117)53-104-91(126)75(59-135-139-95(8,9)10)107-84(119)55-105-92(127)76(60-136-140-96(11,12)13)106-83(118)54-101-81(116)38-43-129-15;1-2/h24-35,47,64-66,73-76H,18-23,36-46,48-60H2,1-17H3,(H,97,114)(H,98,117)(H,99,120)(H,100,115)(H,101,116)(H,102,124)(H,103,123)(H,104,126)(H,105,127)(H,106,118)(H,107,119)(H,108,125);1-2H3/t64-,65+,66+,73?,74+,75+,76+;/m1./s1. The maximum absolute atomic E-state index is 15.6. The van der Waals surface area contributed by atoms with Gasteiger partial charge in [0.05, 0.1) is 84.6 Å². The second-order valence-electron chi connectivity index (χ2n) is 37.0. The molecule has 0 saturated carbocycles. The van der Waals surface area contributed by atoms with Crippen LogP contribution in [0.1, 0.15) is 209 Å². The predicted molar refractivity (Wildman–Crippen MR) is 567 cm³/mol. The largest absolute Gasteiger partial charge is 0.497 e. The molecule has 0 bridgehead atoms. The Morgan fingerprint density at radius 2 is 0.810 bits per heavy atom. The molecule has 1 unspecified atom stereocenters. The van der Waals surface area contributed by atoms with E-state index < -0.39 is 181 Å². The number of hydrogen-bond donors (Lipinski definition) is 12. The molecule has 0 saturated heterocycles. The second kappa shape index (κ2) is 68.4. The van der Waals surface area contributed by atoms with Crippen LogP contribution in [0.2, 0.25) is 0 Å². The van der Waals surface area contributed by atoms with Gasteiger partial charge in [-0.2, -0.15) is 0 Å². The van der Waals surface area contributed by atoms with Crippen molar-refractivity contribution in [3.05, 3.63) is 101 Å². The summed E-state index contributed by atoms with van der Waals surface area (Å²) in [6, 6.07) is 15.9. The number of ketones is 4. The fourth-order valence-corrected chi connectivity index (χ4v) is 23.0. The average molecular weight is 2130 g/mol. The Labute approximate surface area is 867 Å². The van der Waals surface area contributed by atoms with Gasteiger partial charge in [-0.1, -0.05) is 238 Å². The number of aryl methyl sites for hydroxylation is 1. The van der Waals surface area contributed by atoms with Gasteiger partial charge in [-0.3, -0.25) is 91.2 Å². The molecule has 44 heteroatoms. The van der Waals surface area contributed by atoms with Gasteiger partial charge in [0.15, 0.2) is 29.7 Å². The van der Waals surface area contributed by atoms with Gasteiger partial charge in [-0.25, -0.2) is 0 Å². The number of hydrogen-bond acceptors (Lipinski definition) is 31. The smallest absolute Gasteiger partial charge is 0.258 e. The number of carbonyl (C=O) groups excluding carboxylic acids is 18. The highest BCUT2D eigenvalue weighted by Crippen LogP contribution is 2.41. The molecular formula is C98H149N13O23S8. The van der Waals surface area contributed by atoms with Crippen molar-refractivity contribution in [1.29, 1.82) is 0 Å². The molecule has 3 aromatic rings. The number of unbranched alkanes of at least 4 members (excludes halogenated alkanes) is 2. The predicted octanol–water partition coefficient (Wildman–Crippen LogP) is 9.38. The fourth-order valence-electron chi connectivity index (χ4n) is 12.8. The van der Waals surface area contributed by atoms with Gasteiger partial charge in [-0.05, 0) is 68.4 Å². The Morgan fingerprint density at radius 3 is 1.28 bits per heavy atom. The maximum atomic E-state index is 15.6. The van der Waals surface area contributed by atoms with Crippen LogP contribution in [0.25, 0.3) is 0 Å². The minimum absolute atomic E-state index is 0.00806. The van der Waals surface area contributed by atoms with E-state index in [1.54, 1.807) is 42.5 Å². The number of Topliss-reactive ketones (excluding diaryl/α,β-unsaturated/α-hetero) is 4. The van der Waals surface area contributed by atoms with E-state index in [2.05, 4.69) is 63.8 Å². The van der Waals surface area contributed by atoms with Crippen LogP contribution in [0.4, 0.5) is 0 Å². The molecule has 0 aromatic heterocycles. The van der Waals surface area contributed by atoms with Crippen LogP contribution in [0.15, 0.2) is 78.9 Å². The van der Waals surface area contributed by atoms with E-state index in [0.717, 1.165) is 28.2 Å². The first-order valence-corrected chi connectivity index (χ1v) is 56.5. The van der Waals surface area contributed by atoms with E-state index in [1.165, 1.54) is 115 Å². The summed E-state index contributed by atoms with van der Waals surface area (Å²) in [7, 11) is 17.0. The summed E-state index contributed by atoms with van der Waals surface area (Å²) in [5, 5.41) is 32.1. The topological polar surface area (TPSA) is 501 Å². The molecule has 7 atom stereocenters. The highest BCUT2D eigenvalue weighted by Gasteiger charge is 2.35. The SMILES string of the molecule is CC.COCCC(=O)NCC(=O)C[C@@H](CSSC(C)(C)C)C(=O)NCC(=O)C[C@@H](CSSC(C)(C)C)C(=O)NCC(=O)C[C@@H](CCCCNC(=O)CNC(=O)[C@H](CSSC(C)(C)C)NC(=O)CNC(=O)[C@H](CSSC(C)(C)C)NC(=O)CNC(=O)CCOC)C(=O)N[C@@H](CCCCNC(=O)CCN1C(=O)C=CC1=O)C(=O)CC(c1ccc(OCC(=O)NCc2ccc(C)cc2)cc1)c1ccc(OC)cc1OC. The minimum Gasteiger partial charge on any atom is -0.497 e. The quantitative estimate of drug-likeness (QED) is 0.0142. The van der Waals surface area contributed by atoms with E-state index in [0.29, 0.717) is 28.4 Å². The van der Waals surface area contributed by atoms with Crippen molar-refractivity contribution in [2.24, 2.45) is 17.8 Å². The van der Waals surface area contributed by atoms with Crippen molar-refractivity contribution in [1.82, 2.24) is 68.7 Å². The zero-order valence-corrected chi connectivity index (χ0v) is 91.9. The molecule has 36 nitrogen and oxygen atoms in total. The summed E-state index contributed by atoms with van der Waals surface area (Å²) in [4.78, 5) is 246. The Kier molecular flexibility index (Phi) is 61.2. The number of carbonyl (C=O) groups is 18. The Balaban J connectivity index is 0.0000257. The second-order valence-corrected chi connectivity index (χ2v) is 49.7. The maximum Gasteiger partial charge on any atom is 0.258 e. The van der Waals surface area contributed by atoms with E-state index in [-0.39, 0.29) is 178 Å². The van der Waals surface area contributed by atoms with E-state index >= 15 is 9.59 Å². The number of amides is 14. The zero-order chi connectivity index (χ0) is 106. The lowest BCUT2D eigenvalue weighted by Gasteiger charge is -2.26. The molecule has 0 spiro atoms. The van der Waals surface area contributed by atoms with Gasteiger partial charge >= 0.3 is 0 Å². The summed E-state index contributed by atoms with van der Waals surface area (Å²) in [6.45, 7) is 26.6. The van der Waals surface area contributed by atoms with Crippen molar-refractivity contribution in [3.8, 4) is 17.2 Å². The molecule has 3 aromatic carbocycles. The van der Waals surface area contributed by atoms with Crippen molar-refractivity contribution in [2.45, 2.75) is 237 Å². The van der Waals surface area contributed by atoms with Crippen LogP contribution in [0.3, 0.4) is 0 Å². The van der Waals surface area contributed by atoms with E-state index in [1.807, 2.05) is 128 Å². The van der Waals surface area contributed by atoms with Gasteiger partial charge < -0.3 is 87.5 Å². The number of nitrogens with zero attached hydrogens (tertiary/aromatic N) is 1. The monoisotopic (exact) mass is 2130 g/mol. The third-order valence-electron chi connectivity index (χ3n) is 20.0. The number of benzene rings is 3. The van der Waals surface area contributed by atoms with Crippen molar-refractivity contribution < 1.29 is 110 Å². The molecule has 4 rings (SSSR count). The van der Waals surface area contributed by atoms with Crippen molar-refractivity contribution >= 4 is 192 Å². The van der Waals surface area contributed by atoms with Crippen molar-refractivity contribution in [2.75, 3.05) is 130 Å². The third kappa shape index (κ3) is 56.5. The molecule has 0 aliphatic carbocycles. The van der Waals surface area contributed by atoms with Gasteiger partial charge in [0.2, 0.25) is 65.0 Å². The molecule has 1 aliphatic heterocycles. The number of nitrogens with one attached hydrogen (secondary N) is 12. The molecule has 142 heavy (non-hydrogen) atoms. The van der Waals surface area contributed by atoms with Gasteiger partial charge in [-0.15, -0.1) is 0 Å². The molecule has 1 aliphatic rings. The summed E-state index contributed by atoms with van der Waals surface area (Å²) >= 11 is 0. The van der Waals surface area contributed by atoms with E-state index in [4.69, 9.17) is 23.7 Å². The lowest BCUT2D eigenvalue weighted by atomic mass is 9.84. The van der Waals surface area contributed by atoms with Crippen molar-refractivity contribution in [3.63, 3.8) is 0 Å². The molecule has 12 N–H and O–H groups in total. The highest BCUT2D eigenvalue weighted by atomic mass is 33.1. The molecule has 1 heterocycles. The van der Waals surface area contributed by atoms with Crippen LogP contribution in [-0.2, 0) is 102 Å². The normalized spacial score (nSPS) is 13.4. The molecule has 0 radical (unpaired) electrons. The first-order chi connectivity index (χ1) is 67.1. The Hall–Kier alpha value is -9.02. The number of methoxy groups -OCH3 is 4. The summed E-state index contributed by atoms with van der Waals surface area (Å²) in [6.07, 6.45) is 1.39. The van der Waals surface area contributed by atoms with Crippen LogP contribution in [0.5, 0.6) is 17.2 Å². The highest BCUT2D eigenvalue weighted by molar-refractivity contribution is 8.78. The lowest BCUT2D eigenvalue weighted by Crippen LogP contribution is -2.54. The van der Waals surface area contributed by atoms with Crippen LogP contribution in [0, 0.1) is 24.7 Å². The zero-order valence-electron chi connectivity index (χ0n) is 85.4. The Morgan fingerprint density at radius 1 is 0.387 bits per heavy atom. The van der Waals surface area contributed by atoms with Crippen LogP contribution < -0.4 is 78.0 Å². The fraction of sp³-hybridized carbons (Fsp3) is 0.612. The van der Waals surface area contributed by atoms with Crippen LogP contribution >= 0.6 is 86.4 Å². The lowest BCUT2D eigenvalue weighted by molar-refractivity contribution is -0.137. The van der Waals surface area contributed by atoms with Crippen LogP contribution in [-0.4, -0.2) is 278 Å². The minimum atomic E-state index is -1.29. The first-order valence-electron chi connectivity index (χ1n) is 47.2. The summed E-state index contributed by atoms with van der Waals surface area (Å²) < 4.78 is 26.3. The van der Waals surface area contributed by atoms with Gasteiger partial charge in [0.1, 0.15) is 29.3 Å². The average Bonchev–Trinajstić information content (AvgIpc) is 0.911. The third-order valence-corrected chi connectivity index (χ3v) is 33.6. The summed E-state index contributed by atoms with van der Waals surface area (Å²) in [5.41, 5.74) is 3.10. The number of imide groups is 1. The van der Waals surface area contributed by atoms with E-state index in [9.17, 15) is 76.7 Å². The first kappa shape index (κ1) is 127.